The molecule has 2 aromatic rings. The Morgan fingerprint density at radius 1 is 1.12 bits per heavy atom. The monoisotopic (exact) mass is 503 g/mol. The first-order valence-corrected chi connectivity index (χ1v) is 11.6. The highest BCUT2D eigenvalue weighted by molar-refractivity contribution is 7.99. The SMILES string of the molecule is C[C@@H](O)[C@](C)(CCc1ccc(Sc2cccc(C(F)(F)F)c2)cc1Cl)NC(=O)OC(C)(C)C. The largest absolute Gasteiger partial charge is 0.444 e. The molecule has 0 aliphatic rings. The van der Waals surface area contributed by atoms with Crippen molar-refractivity contribution < 1.29 is 27.8 Å². The van der Waals surface area contributed by atoms with E-state index in [1.165, 1.54) is 17.8 Å². The molecule has 2 N–H and O–H groups in total. The van der Waals surface area contributed by atoms with E-state index in [-0.39, 0.29) is 0 Å². The molecule has 0 aliphatic heterocycles. The van der Waals surface area contributed by atoms with E-state index in [2.05, 4.69) is 5.32 Å². The predicted molar refractivity (Wildman–Crippen MR) is 125 cm³/mol. The number of aryl methyl sites for hydroxylation is 1. The minimum atomic E-state index is -4.40. The van der Waals surface area contributed by atoms with Crippen LogP contribution in [0.4, 0.5) is 18.0 Å². The minimum Gasteiger partial charge on any atom is -0.444 e. The van der Waals surface area contributed by atoms with E-state index >= 15 is 0 Å². The summed E-state index contributed by atoms with van der Waals surface area (Å²) in [6.07, 6.45) is -5.01. The zero-order chi connectivity index (χ0) is 25.0. The van der Waals surface area contributed by atoms with Gasteiger partial charge in [-0.25, -0.2) is 4.79 Å². The topological polar surface area (TPSA) is 58.6 Å². The molecule has 0 radical (unpaired) electrons. The van der Waals surface area contributed by atoms with Crippen LogP contribution in [-0.4, -0.2) is 28.4 Å². The fourth-order valence-corrected chi connectivity index (χ4v) is 4.23. The Kier molecular flexibility index (Phi) is 8.76. The van der Waals surface area contributed by atoms with Crippen molar-refractivity contribution in [3.05, 3.63) is 58.6 Å². The van der Waals surface area contributed by atoms with Crippen molar-refractivity contribution in [2.45, 2.75) is 80.7 Å². The summed E-state index contributed by atoms with van der Waals surface area (Å²) in [7, 11) is 0. The maximum absolute atomic E-state index is 12.9. The molecule has 0 saturated heterocycles. The normalized spacial score (nSPS) is 15.0. The number of nitrogens with one attached hydrogen (secondary N) is 1. The van der Waals surface area contributed by atoms with E-state index in [0.717, 1.165) is 17.7 Å². The van der Waals surface area contributed by atoms with E-state index in [9.17, 15) is 23.1 Å². The molecular formula is C24H29ClF3NO3S. The van der Waals surface area contributed by atoms with Crippen LogP contribution in [0.1, 0.15) is 52.2 Å². The van der Waals surface area contributed by atoms with E-state index in [1.54, 1.807) is 58.9 Å². The van der Waals surface area contributed by atoms with Crippen molar-refractivity contribution in [2.24, 2.45) is 0 Å². The molecule has 4 nitrogen and oxygen atoms in total. The van der Waals surface area contributed by atoms with Gasteiger partial charge in [0.1, 0.15) is 5.60 Å². The molecule has 9 heteroatoms. The Hall–Kier alpha value is -1.90. The molecule has 0 unspecified atom stereocenters. The number of carbonyl (C=O) groups is 1. The molecule has 0 bridgehead atoms. The Bertz CT molecular complexity index is 976. The van der Waals surface area contributed by atoms with Crippen molar-refractivity contribution in [2.75, 3.05) is 0 Å². The van der Waals surface area contributed by atoms with Gasteiger partial charge in [-0.2, -0.15) is 13.2 Å². The van der Waals surface area contributed by atoms with Crippen molar-refractivity contribution in [1.29, 1.82) is 0 Å². The molecule has 0 heterocycles. The van der Waals surface area contributed by atoms with Crippen LogP contribution in [-0.2, 0) is 17.3 Å². The Balaban J connectivity index is 2.09. The van der Waals surface area contributed by atoms with Crippen LogP contribution in [0.25, 0.3) is 0 Å². The summed E-state index contributed by atoms with van der Waals surface area (Å²) >= 11 is 7.62. The van der Waals surface area contributed by atoms with Crippen LogP contribution < -0.4 is 5.32 Å². The molecular weight excluding hydrogens is 475 g/mol. The van der Waals surface area contributed by atoms with E-state index < -0.39 is 35.1 Å². The zero-order valence-electron chi connectivity index (χ0n) is 19.2. The zero-order valence-corrected chi connectivity index (χ0v) is 20.8. The van der Waals surface area contributed by atoms with Gasteiger partial charge in [-0.1, -0.05) is 35.5 Å². The molecule has 0 aromatic heterocycles. The fraction of sp³-hybridized carbons (Fsp3) is 0.458. The first-order chi connectivity index (χ1) is 15.1. The van der Waals surface area contributed by atoms with E-state index in [1.807, 2.05) is 0 Å². The number of halogens is 4. The number of aliphatic hydroxyl groups is 1. The number of aliphatic hydroxyl groups excluding tert-OH is 1. The highest BCUT2D eigenvalue weighted by Crippen LogP contribution is 2.36. The smallest absolute Gasteiger partial charge is 0.416 e. The second-order valence-electron chi connectivity index (χ2n) is 9.10. The third kappa shape index (κ3) is 8.43. The van der Waals surface area contributed by atoms with Crippen molar-refractivity contribution >= 4 is 29.5 Å². The number of carbonyl (C=O) groups excluding carboxylic acids is 1. The van der Waals surface area contributed by atoms with Crippen LogP contribution in [0.5, 0.6) is 0 Å². The number of benzene rings is 2. The van der Waals surface area contributed by atoms with Crippen molar-refractivity contribution in [1.82, 2.24) is 5.32 Å². The lowest BCUT2D eigenvalue weighted by Crippen LogP contribution is -2.54. The number of amides is 1. The summed E-state index contributed by atoms with van der Waals surface area (Å²) in [5, 5.41) is 13.5. The number of rotatable bonds is 7. The Labute approximate surface area is 201 Å². The van der Waals surface area contributed by atoms with Crippen molar-refractivity contribution in [3.63, 3.8) is 0 Å². The highest BCUT2D eigenvalue weighted by Gasteiger charge is 2.33. The first kappa shape index (κ1) is 27.3. The van der Waals surface area contributed by atoms with Crippen LogP contribution in [0.15, 0.2) is 52.3 Å². The highest BCUT2D eigenvalue weighted by atomic mass is 35.5. The molecule has 182 valence electrons. The average molecular weight is 504 g/mol. The number of alkyl carbamates (subject to hydrolysis) is 1. The van der Waals surface area contributed by atoms with Gasteiger partial charge in [0.05, 0.1) is 17.2 Å². The van der Waals surface area contributed by atoms with Gasteiger partial charge in [0.25, 0.3) is 0 Å². The second-order valence-corrected chi connectivity index (χ2v) is 10.7. The summed E-state index contributed by atoms with van der Waals surface area (Å²) in [5.74, 6) is 0. The molecule has 0 saturated carbocycles. The number of ether oxygens (including phenoxy) is 1. The molecule has 0 aliphatic carbocycles. The summed E-state index contributed by atoms with van der Waals surface area (Å²) in [4.78, 5) is 13.4. The molecule has 1 amide bonds. The van der Waals surface area contributed by atoms with Gasteiger partial charge in [-0.05, 0) is 83.4 Å². The van der Waals surface area contributed by atoms with Gasteiger partial charge in [0, 0.05) is 14.8 Å². The quantitative estimate of drug-likeness (QED) is 0.423. The lowest BCUT2D eigenvalue weighted by atomic mass is 9.88. The minimum absolute atomic E-state index is 0.393. The number of hydrogen-bond donors (Lipinski definition) is 2. The summed E-state index contributed by atoms with van der Waals surface area (Å²) in [6.45, 7) is 8.59. The van der Waals surface area contributed by atoms with Gasteiger partial charge < -0.3 is 15.2 Å². The predicted octanol–water partition coefficient (Wildman–Crippen LogP) is 7.11. The number of alkyl halides is 3. The van der Waals surface area contributed by atoms with Crippen LogP contribution in [0.2, 0.25) is 5.02 Å². The maximum atomic E-state index is 12.9. The van der Waals surface area contributed by atoms with Crippen LogP contribution in [0.3, 0.4) is 0 Å². The van der Waals surface area contributed by atoms with Crippen LogP contribution >= 0.6 is 23.4 Å². The summed E-state index contributed by atoms with van der Waals surface area (Å²) in [5.41, 5.74) is -1.52. The lowest BCUT2D eigenvalue weighted by molar-refractivity contribution is -0.137. The first-order valence-electron chi connectivity index (χ1n) is 10.4. The lowest BCUT2D eigenvalue weighted by Gasteiger charge is -2.34. The standard InChI is InChI=1S/C24H29ClF3NO3S/c1-15(30)23(5,29-21(31)32-22(2,3)4)12-11-16-9-10-19(14-20(16)25)33-18-8-6-7-17(13-18)24(26,27)28/h6-10,13-15,30H,11-12H2,1-5H3,(H,29,31)/t15-,23+/m1/s1. The summed E-state index contributed by atoms with van der Waals surface area (Å²) < 4.78 is 44.1. The summed E-state index contributed by atoms with van der Waals surface area (Å²) in [6, 6.07) is 10.4. The Morgan fingerprint density at radius 3 is 2.30 bits per heavy atom. The van der Waals surface area contributed by atoms with Gasteiger partial charge in [-0.3, -0.25) is 0 Å². The molecule has 33 heavy (non-hydrogen) atoms. The van der Waals surface area contributed by atoms with Gasteiger partial charge in [0.15, 0.2) is 0 Å². The van der Waals surface area contributed by atoms with E-state index in [0.29, 0.717) is 27.7 Å². The molecule has 2 aromatic carbocycles. The average Bonchev–Trinajstić information content (AvgIpc) is 2.65. The van der Waals surface area contributed by atoms with Crippen LogP contribution in [0, 0.1) is 0 Å². The van der Waals surface area contributed by atoms with Gasteiger partial charge in [-0.15, -0.1) is 0 Å². The maximum Gasteiger partial charge on any atom is 0.416 e. The third-order valence-corrected chi connectivity index (χ3v) is 6.37. The van der Waals surface area contributed by atoms with Gasteiger partial charge in [0.2, 0.25) is 0 Å². The number of hydrogen-bond acceptors (Lipinski definition) is 4. The molecule has 2 atom stereocenters. The van der Waals surface area contributed by atoms with Gasteiger partial charge >= 0.3 is 12.3 Å². The van der Waals surface area contributed by atoms with E-state index in [4.69, 9.17) is 16.3 Å². The molecule has 2 rings (SSSR count). The molecule has 0 spiro atoms. The third-order valence-electron chi connectivity index (χ3n) is 5.04. The molecule has 0 fully saturated rings. The Morgan fingerprint density at radius 2 is 1.76 bits per heavy atom. The second kappa shape index (κ2) is 10.6. The fourth-order valence-electron chi connectivity index (χ4n) is 2.97. The van der Waals surface area contributed by atoms with Crippen molar-refractivity contribution in [3.8, 4) is 0 Å².